The number of hydrogen-bond acceptors (Lipinski definition) is 4. The van der Waals surface area contributed by atoms with Crippen molar-refractivity contribution in [1.29, 1.82) is 0 Å². The van der Waals surface area contributed by atoms with Crippen LogP contribution in [0.15, 0.2) is 29.2 Å². The molecule has 2 unspecified atom stereocenters. The molecule has 0 bridgehead atoms. The molecule has 3 N–H and O–H groups in total. The van der Waals surface area contributed by atoms with Crippen LogP contribution in [0.1, 0.15) is 6.42 Å². The number of aliphatic carboxylic acids is 1. The van der Waals surface area contributed by atoms with E-state index in [1.165, 1.54) is 24.3 Å². The average molecular weight is 276 g/mol. The lowest BCUT2D eigenvalue weighted by molar-refractivity contribution is -0.139. The average Bonchev–Trinajstić information content (AvgIpc) is 2.94. The van der Waals surface area contributed by atoms with Crippen molar-refractivity contribution in [2.45, 2.75) is 22.1 Å². The second kappa shape index (κ2) is 3.69. The van der Waals surface area contributed by atoms with Crippen LogP contribution in [0, 0.1) is 0 Å². The minimum absolute atomic E-state index is 0.0421. The molecule has 1 fully saturated rings. The molecule has 1 saturated carbocycles. The molecule has 0 heterocycles. The first kappa shape index (κ1) is 12.3. The van der Waals surface area contributed by atoms with Gasteiger partial charge in [0.25, 0.3) is 0 Å². The Morgan fingerprint density at radius 2 is 1.94 bits per heavy atom. The summed E-state index contributed by atoms with van der Waals surface area (Å²) in [5.74, 6) is -1.29. The summed E-state index contributed by atoms with van der Waals surface area (Å²) >= 11 is 5.65. The lowest BCUT2D eigenvalue weighted by Gasteiger charge is -2.07. The SMILES string of the molecule is NC1(C(=O)O)CC1S(=O)(=O)c1ccc(Cl)cc1. The first-order valence-corrected chi connectivity index (χ1v) is 6.72. The van der Waals surface area contributed by atoms with Crippen molar-refractivity contribution >= 4 is 27.4 Å². The van der Waals surface area contributed by atoms with Gasteiger partial charge in [0.05, 0.1) is 10.1 Å². The molecule has 0 aliphatic heterocycles. The van der Waals surface area contributed by atoms with Gasteiger partial charge in [0.2, 0.25) is 0 Å². The predicted molar refractivity (Wildman–Crippen MR) is 61.6 cm³/mol. The fourth-order valence-electron chi connectivity index (χ4n) is 1.65. The standard InChI is InChI=1S/C10H10ClNO4S/c11-6-1-3-7(4-2-6)17(15,16)8-5-10(8,12)9(13)14/h1-4,8H,5,12H2,(H,13,14). The molecule has 0 saturated heterocycles. The topological polar surface area (TPSA) is 97.5 Å². The zero-order valence-corrected chi connectivity index (χ0v) is 10.2. The molecule has 5 nitrogen and oxygen atoms in total. The minimum atomic E-state index is -3.70. The van der Waals surface area contributed by atoms with Gasteiger partial charge in [-0.3, -0.25) is 4.79 Å². The number of carboxylic acids is 1. The summed E-state index contributed by atoms with van der Waals surface area (Å²) in [6, 6.07) is 5.57. The normalized spacial score (nSPS) is 27.8. The zero-order chi connectivity index (χ0) is 12.8. The third-order valence-electron chi connectivity index (χ3n) is 2.85. The third-order valence-corrected chi connectivity index (χ3v) is 5.37. The van der Waals surface area contributed by atoms with E-state index in [0.29, 0.717) is 5.02 Å². The molecule has 92 valence electrons. The number of sulfone groups is 1. The largest absolute Gasteiger partial charge is 0.480 e. The van der Waals surface area contributed by atoms with Gasteiger partial charge in [0, 0.05) is 5.02 Å². The Hall–Kier alpha value is -1.11. The molecule has 1 aliphatic carbocycles. The quantitative estimate of drug-likeness (QED) is 0.845. The van der Waals surface area contributed by atoms with E-state index in [1.54, 1.807) is 0 Å². The van der Waals surface area contributed by atoms with Crippen molar-refractivity contribution in [3.8, 4) is 0 Å². The Morgan fingerprint density at radius 3 is 2.35 bits per heavy atom. The van der Waals surface area contributed by atoms with Crippen LogP contribution in [-0.4, -0.2) is 30.3 Å². The Labute approximate surface area is 103 Å². The molecule has 1 aromatic carbocycles. The van der Waals surface area contributed by atoms with E-state index in [1.807, 2.05) is 0 Å². The molecule has 1 aromatic rings. The first-order chi connectivity index (χ1) is 7.78. The van der Waals surface area contributed by atoms with Crippen molar-refractivity contribution in [2.75, 3.05) is 0 Å². The number of hydrogen-bond donors (Lipinski definition) is 2. The van der Waals surface area contributed by atoms with Crippen LogP contribution in [0.3, 0.4) is 0 Å². The van der Waals surface area contributed by atoms with Crippen LogP contribution in [0.4, 0.5) is 0 Å². The third kappa shape index (κ3) is 1.92. The van der Waals surface area contributed by atoms with Gasteiger partial charge in [-0.05, 0) is 30.7 Å². The molecule has 0 radical (unpaired) electrons. The van der Waals surface area contributed by atoms with Gasteiger partial charge in [-0.1, -0.05) is 11.6 Å². The molecular weight excluding hydrogens is 266 g/mol. The van der Waals surface area contributed by atoms with E-state index in [0.717, 1.165) is 0 Å². The van der Waals surface area contributed by atoms with E-state index in [-0.39, 0.29) is 11.3 Å². The minimum Gasteiger partial charge on any atom is -0.480 e. The highest BCUT2D eigenvalue weighted by molar-refractivity contribution is 7.92. The summed E-state index contributed by atoms with van der Waals surface area (Å²) in [6.45, 7) is 0. The lowest BCUT2D eigenvalue weighted by Crippen LogP contribution is -2.38. The Kier molecular flexibility index (Phi) is 2.68. The first-order valence-electron chi connectivity index (χ1n) is 4.80. The Bertz CT molecular complexity index is 568. The van der Waals surface area contributed by atoms with E-state index in [9.17, 15) is 13.2 Å². The van der Waals surface area contributed by atoms with Crippen molar-refractivity contribution in [3.05, 3.63) is 29.3 Å². The molecule has 7 heteroatoms. The highest BCUT2D eigenvalue weighted by Gasteiger charge is 2.64. The van der Waals surface area contributed by atoms with Gasteiger partial charge >= 0.3 is 5.97 Å². The Balaban J connectivity index is 2.34. The molecule has 1 aliphatic rings. The molecular formula is C10H10ClNO4S. The van der Waals surface area contributed by atoms with E-state index in [2.05, 4.69) is 0 Å². The summed E-state index contributed by atoms with van der Waals surface area (Å²) < 4.78 is 24.1. The monoisotopic (exact) mass is 275 g/mol. The van der Waals surface area contributed by atoms with Crippen molar-refractivity contribution in [2.24, 2.45) is 5.73 Å². The molecule has 0 amide bonds. The van der Waals surface area contributed by atoms with Gasteiger partial charge in [0.1, 0.15) is 5.54 Å². The highest BCUT2D eigenvalue weighted by Crippen LogP contribution is 2.42. The predicted octanol–water partition coefficient (Wildman–Crippen LogP) is 0.668. The van der Waals surface area contributed by atoms with Gasteiger partial charge in [-0.25, -0.2) is 8.42 Å². The van der Waals surface area contributed by atoms with Gasteiger partial charge in [-0.2, -0.15) is 0 Å². The summed E-state index contributed by atoms with van der Waals surface area (Å²) in [7, 11) is -3.70. The summed E-state index contributed by atoms with van der Waals surface area (Å²) in [6.07, 6.45) is -0.0622. The van der Waals surface area contributed by atoms with Crippen LogP contribution in [0.5, 0.6) is 0 Å². The maximum absolute atomic E-state index is 12.0. The number of carbonyl (C=O) groups is 1. The highest BCUT2D eigenvalue weighted by atomic mass is 35.5. The second-order valence-corrected chi connectivity index (χ2v) is 6.60. The lowest BCUT2D eigenvalue weighted by atomic mass is 10.3. The maximum Gasteiger partial charge on any atom is 0.325 e. The van der Waals surface area contributed by atoms with Gasteiger partial charge < -0.3 is 10.8 Å². The molecule has 2 rings (SSSR count). The number of rotatable bonds is 3. The molecule has 17 heavy (non-hydrogen) atoms. The smallest absolute Gasteiger partial charge is 0.325 e. The summed E-state index contributed by atoms with van der Waals surface area (Å²) in [5.41, 5.74) is 3.83. The van der Waals surface area contributed by atoms with Gasteiger partial charge in [0.15, 0.2) is 9.84 Å². The number of halogens is 1. The van der Waals surface area contributed by atoms with Gasteiger partial charge in [-0.15, -0.1) is 0 Å². The fraction of sp³-hybridized carbons (Fsp3) is 0.300. The summed E-state index contributed by atoms with van der Waals surface area (Å²) in [4.78, 5) is 10.9. The van der Waals surface area contributed by atoms with Crippen LogP contribution in [0.2, 0.25) is 5.02 Å². The van der Waals surface area contributed by atoms with Crippen LogP contribution >= 0.6 is 11.6 Å². The number of nitrogens with two attached hydrogens (primary N) is 1. The van der Waals surface area contributed by atoms with E-state index >= 15 is 0 Å². The van der Waals surface area contributed by atoms with Crippen molar-refractivity contribution < 1.29 is 18.3 Å². The van der Waals surface area contributed by atoms with E-state index < -0.39 is 26.6 Å². The van der Waals surface area contributed by atoms with E-state index in [4.69, 9.17) is 22.4 Å². The van der Waals surface area contributed by atoms with Crippen molar-refractivity contribution in [3.63, 3.8) is 0 Å². The maximum atomic E-state index is 12.0. The van der Waals surface area contributed by atoms with Crippen LogP contribution in [0.25, 0.3) is 0 Å². The fourth-order valence-corrected chi connectivity index (χ4v) is 3.77. The van der Waals surface area contributed by atoms with Crippen LogP contribution in [-0.2, 0) is 14.6 Å². The summed E-state index contributed by atoms with van der Waals surface area (Å²) in [5, 5.41) is 8.18. The molecule has 0 aromatic heterocycles. The zero-order valence-electron chi connectivity index (χ0n) is 8.63. The molecule has 2 atom stereocenters. The number of carboxylic acid groups (broad SMARTS) is 1. The second-order valence-electron chi connectivity index (χ2n) is 4.04. The molecule has 0 spiro atoms. The number of benzene rings is 1. The van der Waals surface area contributed by atoms with Crippen molar-refractivity contribution in [1.82, 2.24) is 0 Å². The van der Waals surface area contributed by atoms with Crippen LogP contribution < -0.4 is 5.73 Å². The Morgan fingerprint density at radius 1 is 1.41 bits per heavy atom.